The summed E-state index contributed by atoms with van der Waals surface area (Å²) in [5, 5.41) is 8.16. The van der Waals surface area contributed by atoms with Crippen LogP contribution < -0.4 is 10.6 Å². The average molecular weight is 460 g/mol. The van der Waals surface area contributed by atoms with Crippen molar-refractivity contribution < 1.29 is 14.0 Å². The number of allylic oxidation sites excluding steroid dienone is 3. The zero-order valence-corrected chi connectivity index (χ0v) is 18.8. The number of halogens is 1. The number of ketones is 1. The molecule has 2 aromatic heterocycles. The first-order chi connectivity index (χ1) is 16.0. The lowest BCUT2D eigenvalue weighted by Gasteiger charge is -2.36. The lowest BCUT2D eigenvalue weighted by Crippen LogP contribution is -2.37. The molecular weight excluding hydrogens is 437 g/mol. The third kappa shape index (κ3) is 4.12. The van der Waals surface area contributed by atoms with E-state index in [0.29, 0.717) is 41.1 Å². The van der Waals surface area contributed by atoms with E-state index in [0.717, 1.165) is 5.70 Å². The summed E-state index contributed by atoms with van der Waals surface area (Å²) in [5.41, 5.74) is 3.51. The SMILES string of the molecule is CC1=C(C(=O)Nc2cccc(F)c2)[C@H](c2ccccn2)C2=C(C[C@H](c3cccs3)CC2=O)N1. The third-order valence-corrected chi connectivity index (χ3v) is 7.12. The maximum Gasteiger partial charge on any atom is 0.254 e. The second-order valence-electron chi connectivity index (χ2n) is 8.25. The van der Waals surface area contributed by atoms with E-state index in [1.54, 1.807) is 29.7 Å². The molecule has 1 aromatic carbocycles. The van der Waals surface area contributed by atoms with Gasteiger partial charge >= 0.3 is 0 Å². The van der Waals surface area contributed by atoms with Crippen molar-refractivity contribution in [3.63, 3.8) is 0 Å². The standard InChI is InChI=1S/C26H22FN3O2S/c1-15-23(26(32)30-18-7-4-6-17(27)14-18)25(19-8-2-3-10-28-19)24-20(29-15)12-16(13-21(24)31)22-9-5-11-33-22/h2-11,14,16,25,29H,12-13H2,1H3,(H,30,32)/t16-,25-/m0/s1. The van der Waals surface area contributed by atoms with E-state index in [2.05, 4.69) is 21.7 Å². The summed E-state index contributed by atoms with van der Waals surface area (Å²) in [7, 11) is 0. The molecule has 1 amide bonds. The molecule has 0 spiro atoms. The number of thiophene rings is 1. The summed E-state index contributed by atoms with van der Waals surface area (Å²) in [6, 6.07) is 15.3. The number of benzene rings is 1. The van der Waals surface area contributed by atoms with Gasteiger partial charge in [-0.1, -0.05) is 18.2 Å². The van der Waals surface area contributed by atoms with E-state index in [1.165, 1.54) is 23.1 Å². The van der Waals surface area contributed by atoms with Crippen molar-refractivity contribution in [1.82, 2.24) is 10.3 Å². The number of carbonyl (C=O) groups excluding carboxylic acids is 2. The quantitative estimate of drug-likeness (QED) is 0.557. The Morgan fingerprint density at radius 3 is 2.76 bits per heavy atom. The molecule has 5 nitrogen and oxygen atoms in total. The molecule has 166 valence electrons. The zero-order valence-electron chi connectivity index (χ0n) is 18.0. The average Bonchev–Trinajstić information content (AvgIpc) is 3.33. The molecule has 2 N–H and O–H groups in total. The monoisotopic (exact) mass is 459 g/mol. The van der Waals surface area contributed by atoms with Gasteiger partial charge in [0.1, 0.15) is 5.82 Å². The summed E-state index contributed by atoms with van der Waals surface area (Å²) in [6.45, 7) is 1.83. The first-order valence-electron chi connectivity index (χ1n) is 10.8. The predicted molar refractivity (Wildman–Crippen MR) is 126 cm³/mol. The van der Waals surface area contributed by atoms with E-state index >= 15 is 0 Å². The number of nitrogens with zero attached hydrogens (tertiary/aromatic N) is 1. The molecule has 0 saturated carbocycles. The largest absolute Gasteiger partial charge is 0.362 e. The van der Waals surface area contributed by atoms with Gasteiger partial charge in [-0.05, 0) is 55.1 Å². The molecule has 7 heteroatoms. The summed E-state index contributed by atoms with van der Waals surface area (Å²) in [6.07, 6.45) is 2.75. The highest BCUT2D eigenvalue weighted by atomic mass is 32.1. The lowest BCUT2D eigenvalue weighted by molar-refractivity contribution is -0.116. The van der Waals surface area contributed by atoms with Gasteiger partial charge in [-0.25, -0.2) is 4.39 Å². The minimum absolute atomic E-state index is 0.0151. The Kier molecular flexibility index (Phi) is 5.64. The molecule has 3 heterocycles. The van der Waals surface area contributed by atoms with Gasteiger partial charge in [0.05, 0.1) is 11.6 Å². The highest BCUT2D eigenvalue weighted by Gasteiger charge is 2.41. The Hall–Kier alpha value is -3.58. The fourth-order valence-electron chi connectivity index (χ4n) is 4.67. The van der Waals surface area contributed by atoms with Crippen LogP contribution in [0.25, 0.3) is 0 Å². The topological polar surface area (TPSA) is 71.1 Å². The van der Waals surface area contributed by atoms with Crippen LogP contribution in [0.15, 0.2) is 88.7 Å². The second-order valence-corrected chi connectivity index (χ2v) is 9.23. The normalized spacial score (nSPS) is 20.4. The van der Waals surface area contributed by atoms with Gasteiger partial charge in [-0.15, -0.1) is 11.3 Å². The predicted octanol–water partition coefficient (Wildman–Crippen LogP) is 5.28. The molecule has 0 radical (unpaired) electrons. The summed E-state index contributed by atoms with van der Waals surface area (Å²) in [4.78, 5) is 32.6. The van der Waals surface area contributed by atoms with Gasteiger partial charge in [0.2, 0.25) is 0 Å². The number of amides is 1. The molecule has 0 saturated heterocycles. The summed E-state index contributed by atoms with van der Waals surface area (Å²) in [5.74, 6) is -1.28. The van der Waals surface area contributed by atoms with E-state index in [9.17, 15) is 14.0 Å². The number of Topliss-reactive ketones (excluding diaryl/α,β-unsaturated/α-hetero) is 1. The van der Waals surface area contributed by atoms with Gasteiger partial charge in [0.25, 0.3) is 5.91 Å². The number of nitrogens with one attached hydrogen (secondary N) is 2. The van der Waals surface area contributed by atoms with Gasteiger partial charge in [-0.2, -0.15) is 0 Å². The minimum atomic E-state index is -0.590. The number of hydrogen-bond acceptors (Lipinski definition) is 5. The van der Waals surface area contributed by atoms with Gasteiger partial charge in [-0.3, -0.25) is 14.6 Å². The number of dihydropyridines is 1. The van der Waals surface area contributed by atoms with Crippen LogP contribution in [-0.2, 0) is 9.59 Å². The first-order valence-corrected chi connectivity index (χ1v) is 11.6. The van der Waals surface area contributed by atoms with Crippen LogP contribution in [0.1, 0.15) is 42.2 Å². The molecule has 0 unspecified atom stereocenters. The van der Waals surface area contributed by atoms with E-state index in [1.807, 2.05) is 30.5 Å². The Labute approximate surface area is 195 Å². The molecule has 1 aliphatic carbocycles. The molecule has 0 fully saturated rings. The van der Waals surface area contributed by atoms with Crippen LogP contribution in [-0.4, -0.2) is 16.7 Å². The van der Waals surface area contributed by atoms with Crippen LogP contribution in [0, 0.1) is 5.82 Å². The zero-order chi connectivity index (χ0) is 22.9. The molecule has 1 aliphatic heterocycles. The van der Waals surface area contributed by atoms with Crippen LogP contribution in [0.3, 0.4) is 0 Å². The third-order valence-electron chi connectivity index (χ3n) is 6.08. The number of pyridine rings is 1. The lowest BCUT2D eigenvalue weighted by atomic mass is 9.73. The van der Waals surface area contributed by atoms with Gasteiger partial charge < -0.3 is 10.6 Å². The van der Waals surface area contributed by atoms with Crippen molar-refractivity contribution in [1.29, 1.82) is 0 Å². The van der Waals surface area contributed by atoms with Crippen molar-refractivity contribution in [2.75, 3.05) is 5.32 Å². The summed E-state index contributed by atoms with van der Waals surface area (Å²) < 4.78 is 13.7. The highest BCUT2D eigenvalue weighted by Crippen LogP contribution is 2.45. The number of hydrogen-bond donors (Lipinski definition) is 2. The fourth-order valence-corrected chi connectivity index (χ4v) is 5.50. The van der Waals surface area contributed by atoms with Crippen molar-refractivity contribution >= 4 is 28.7 Å². The Bertz CT molecular complexity index is 1280. The van der Waals surface area contributed by atoms with Gasteiger partial charge in [0.15, 0.2) is 5.78 Å². The second kappa shape index (κ2) is 8.75. The maximum atomic E-state index is 13.7. The number of anilines is 1. The van der Waals surface area contributed by atoms with Crippen molar-refractivity contribution in [3.05, 3.63) is 105 Å². The van der Waals surface area contributed by atoms with Crippen molar-refractivity contribution in [2.24, 2.45) is 0 Å². The van der Waals surface area contributed by atoms with Gasteiger partial charge in [0, 0.05) is 51.6 Å². The Balaban J connectivity index is 1.55. The van der Waals surface area contributed by atoms with Crippen LogP contribution >= 0.6 is 11.3 Å². The van der Waals surface area contributed by atoms with E-state index < -0.39 is 11.7 Å². The Morgan fingerprint density at radius 1 is 1.15 bits per heavy atom. The minimum Gasteiger partial charge on any atom is -0.362 e. The fraction of sp³-hybridized carbons (Fsp3) is 0.192. The van der Waals surface area contributed by atoms with Crippen molar-refractivity contribution in [2.45, 2.75) is 31.6 Å². The van der Waals surface area contributed by atoms with Crippen LogP contribution in [0.5, 0.6) is 0 Å². The molecule has 0 bridgehead atoms. The smallest absolute Gasteiger partial charge is 0.254 e. The number of aromatic nitrogens is 1. The molecule has 3 aromatic rings. The molecular formula is C26H22FN3O2S. The maximum absolute atomic E-state index is 13.7. The Morgan fingerprint density at radius 2 is 2.03 bits per heavy atom. The molecule has 33 heavy (non-hydrogen) atoms. The molecule has 5 rings (SSSR count). The molecule has 2 aliphatic rings. The highest BCUT2D eigenvalue weighted by molar-refractivity contribution is 7.10. The number of rotatable bonds is 4. The summed E-state index contributed by atoms with van der Waals surface area (Å²) >= 11 is 1.65. The van der Waals surface area contributed by atoms with Crippen LogP contribution in [0.2, 0.25) is 0 Å². The number of carbonyl (C=O) groups is 2. The molecule has 2 atom stereocenters. The first kappa shape index (κ1) is 21.3. The van der Waals surface area contributed by atoms with E-state index in [-0.39, 0.29) is 17.6 Å². The van der Waals surface area contributed by atoms with Crippen LogP contribution in [0.4, 0.5) is 10.1 Å². The van der Waals surface area contributed by atoms with E-state index in [4.69, 9.17) is 0 Å². The van der Waals surface area contributed by atoms with Crippen molar-refractivity contribution in [3.8, 4) is 0 Å².